The molecule has 0 radical (unpaired) electrons. The van der Waals surface area contributed by atoms with Crippen molar-refractivity contribution in [2.75, 3.05) is 51.2 Å². The van der Waals surface area contributed by atoms with Crippen LogP contribution in [-0.4, -0.2) is 51.2 Å². The zero-order valence-corrected chi connectivity index (χ0v) is 12.5. The number of nitrogens with one attached hydrogen (secondary N) is 1. The van der Waals surface area contributed by atoms with Crippen molar-refractivity contribution < 1.29 is 0 Å². The molecule has 1 fully saturated rings. The van der Waals surface area contributed by atoms with E-state index in [1.165, 1.54) is 30.9 Å². The van der Waals surface area contributed by atoms with Crippen molar-refractivity contribution in [3.8, 4) is 0 Å². The van der Waals surface area contributed by atoms with E-state index in [2.05, 4.69) is 60.3 Å². The smallest absolute Gasteiger partial charge is 0.0366 e. The van der Waals surface area contributed by atoms with E-state index in [0.29, 0.717) is 5.92 Å². The Balaban J connectivity index is 1.82. The molecule has 1 N–H and O–H groups in total. The quantitative estimate of drug-likeness (QED) is 0.874. The van der Waals surface area contributed by atoms with E-state index in [-0.39, 0.29) is 0 Å². The van der Waals surface area contributed by atoms with Gasteiger partial charge in [-0.05, 0) is 30.5 Å². The van der Waals surface area contributed by atoms with Crippen molar-refractivity contribution in [3.05, 3.63) is 29.8 Å². The van der Waals surface area contributed by atoms with Gasteiger partial charge in [0.25, 0.3) is 0 Å². The maximum absolute atomic E-state index is 3.41. The second-order valence-electron chi connectivity index (χ2n) is 5.88. The molecule has 19 heavy (non-hydrogen) atoms. The molecule has 0 amide bonds. The molecule has 2 rings (SSSR count). The first-order valence-corrected chi connectivity index (χ1v) is 7.36. The minimum absolute atomic E-state index is 0.698. The molecule has 1 aliphatic rings. The molecule has 106 valence electrons. The van der Waals surface area contributed by atoms with Gasteiger partial charge in [0.2, 0.25) is 0 Å². The molecule has 1 atom stereocenters. The Kier molecular flexibility index (Phi) is 5.23. The predicted octanol–water partition coefficient (Wildman–Crippen LogP) is 1.97. The largest absolute Gasteiger partial charge is 0.374 e. The maximum atomic E-state index is 3.41. The molecule has 0 bridgehead atoms. The van der Waals surface area contributed by atoms with Crippen LogP contribution in [0.15, 0.2) is 24.3 Å². The van der Waals surface area contributed by atoms with Crippen molar-refractivity contribution in [2.24, 2.45) is 5.92 Å². The number of anilines is 1. The van der Waals surface area contributed by atoms with Gasteiger partial charge in [-0.1, -0.05) is 19.1 Å². The van der Waals surface area contributed by atoms with Gasteiger partial charge in [0.15, 0.2) is 0 Å². The highest BCUT2D eigenvalue weighted by atomic mass is 15.2. The van der Waals surface area contributed by atoms with Crippen LogP contribution in [0.1, 0.15) is 12.5 Å². The topological polar surface area (TPSA) is 18.5 Å². The van der Waals surface area contributed by atoms with E-state index in [1.807, 2.05) is 0 Å². The highest BCUT2D eigenvalue weighted by Gasteiger charge is 2.14. The summed E-state index contributed by atoms with van der Waals surface area (Å²) in [5.74, 6) is 0.698. The van der Waals surface area contributed by atoms with Crippen LogP contribution in [0.2, 0.25) is 0 Å². The summed E-state index contributed by atoms with van der Waals surface area (Å²) in [5.41, 5.74) is 2.66. The molecule has 1 aromatic rings. The normalized spacial score (nSPS) is 18.3. The fraction of sp³-hybridized carbons (Fsp3) is 0.625. The van der Waals surface area contributed by atoms with Gasteiger partial charge in [-0.25, -0.2) is 0 Å². The second kappa shape index (κ2) is 6.92. The van der Waals surface area contributed by atoms with E-state index in [4.69, 9.17) is 0 Å². The average molecular weight is 261 g/mol. The minimum atomic E-state index is 0.698. The standard InChI is InChI=1S/C16H27N3/c1-14-5-4-6-16(11-14)18(3)12-15(2)13-19-9-7-17-8-10-19/h4-6,11,15,17H,7-10,12-13H2,1-3H3. The maximum Gasteiger partial charge on any atom is 0.0366 e. The number of aryl methyl sites for hydroxylation is 1. The minimum Gasteiger partial charge on any atom is -0.374 e. The first kappa shape index (κ1) is 14.4. The fourth-order valence-electron chi connectivity index (χ4n) is 2.83. The zero-order chi connectivity index (χ0) is 13.7. The Morgan fingerprint density at radius 1 is 1.32 bits per heavy atom. The second-order valence-corrected chi connectivity index (χ2v) is 5.88. The summed E-state index contributed by atoms with van der Waals surface area (Å²) in [6, 6.07) is 8.76. The average Bonchev–Trinajstić information content (AvgIpc) is 2.39. The summed E-state index contributed by atoms with van der Waals surface area (Å²) in [6.07, 6.45) is 0. The van der Waals surface area contributed by atoms with Gasteiger partial charge >= 0.3 is 0 Å². The van der Waals surface area contributed by atoms with E-state index in [0.717, 1.165) is 19.6 Å². The van der Waals surface area contributed by atoms with E-state index < -0.39 is 0 Å². The van der Waals surface area contributed by atoms with Gasteiger partial charge in [-0.3, -0.25) is 0 Å². The van der Waals surface area contributed by atoms with Gasteiger partial charge in [-0.15, -0.1) is 0 Å². The van der Waals surface area contributed by atoms with Gasteiger partial charge in [0, 0.05) is 52.0 Å². The molecule has 1 heterocycles. The highest BCUT2D eigenvalue weighted by molar-refractivity contribution is 5.47. The van der Waals surface area contributed by atoms with Crippen LogP contribution in [0.3, 0.4) is 0 Å². The third-order valence-electron chi connectivity index (χ3n) is 3.81. The van der Waals surface area contributed by atoms with Gasteiger partial charge < -0.3 is 15.1 Å². The molecule has 0 saturated carbocycles. The van der Waals surface area contributed by atoms with E-state index in [9.17, 15) is 0 Å². The SMILES string of the molecule is Cc1cccc(N(C)CC(C)CN2CCNCC2)c1. The number of piperazine rings is 1. The number of benzene rings is 1. The lowest BCUT2D eigenvalue weighted by atomic mass is 10.1. The summed E-state index contributed by atoms with van der Waals surface area (Å²) in [4.78, 5) is 4.95. The van der Waals surface area contributed by atoms with Crippen molar-refractivity contribution in [2.45, 2.75) is 13.8 Å². The predicted molar refractivity (Wildman–Crippen MR) is 82.9 cm³/mol. The first-order chi connectivity index (χ1) is 9.15. The molecular weight excluding hydrogens is 234 g/mol. The monoisotopic (exact) mass is 261 g/mol. The van der Waals surface area contributed by atoms with Crippen LogP contribution in [-0.2, 0) is 0 Å². The highest BCUT2D eigenvalue weighted by Crippen LogP contribution is 2.16. The Bertz CT molecular complexity index is 385. The Morgan fingerprint density at radius 2 is 2.05 bits per heavy atom. The van der Waals surface area contributed by atoms with Gasteiger partial charge in [0.05, 0.1) is 0 Å². The number of hydrogen-bond donors (Lipinski definition) is 1. The lowest BCUT2D eigenvalue weighted by Crippen LogP contribution is -2.46. The molecule has 0 aliphatic carbocycles. The summed E-state index contributed by atoms with van der Waals surface area (Å²) in [7, 11) is 2.20. The zero-order valence-electron chi connectivity index (χ0n) is 12.5. The van der Waals surface area contributed by atoms with Crippen LogP contribution in [0.4, 0.5) is 5.69 Å². The van der Waals surface area contributed by atoms with E-state index in [1.54, 1.807) is 0 Å². The summed E-state index contributed by atoms with van der Waals surface area (Å²) >= 11 is 0. The third-order valence-corrected chi connectivity index (χ3v) is 3.81. The van der Waals surface area contributed by atoms with Gasteiger partial charge in [-0.2, -0.15) is 0 Å². The fourth-order valence-corrected chi connectivity index (χ4v) is 2.83. The Morgan fingerprint density at radius 3 is 2.74 bits per heavy atom. The number of rotatable bonds is 5. The van der Waals surface area contributed by atoms with Crippen molar-refractivity contribution in [3.63, 3.8) is 0 Å². The molecule has 3 nitrogen and oxygen atoms in total. The third kappa shape index (κ3) is 4.51. The van der Waals surface area contributed by atoms with Crippen molar-refractivity contribution >= 4 is 5.69 Å². The first-order valence-electron chi connectivity index (χ1n) is 7.36. The molecule has 0 spiro atoms. The van der Waals surface area contributed by atoms with Crippen LogP contribution in [0.5, 0.6) is 0 Å². The van der Waals surface area contributed by atoms with Crippen molar-refractivity contribution in [1.29, 1.82) is 0 Å². The molecular formula is C16H27N3. The Hall–Kier alpha value is -1.06. The molecule has 1 unspecified atom stereocenters. The molecule has 0 aromatic heterocycles. The van der Waals surface area contributed by atoms with E-state index >= 15 is 0 Å². The van der Waals surface area contributed by atoms with Crippen LogP contribution < -0.4 is 10.2 Å². The molecule has 1 aliphatic heterocycles. The van der Waals surface area contributed by atoms with Crippen molar-refractivity contribution in [1.82, 2.24) is 10.2 Å². The van der Waals surface area contributed by atoms with Gasteiger partial charge in [0.1, 0.15) is 0 Å². The lowest BCUT2D eigenvalue weighted by Gasteiger charge is -2.31. The van der Waals surface area contributed by atoms with Crippen LogP contribution >= 0.6 is 0 Å². The summed E-state index contributed by atoms with van der Waals surface area (Å²) in [5, 5.41) is 3.41. The number of nitrogens with zero attached hydrogens (tertiary/aromatic N) is 2. The molecule has 1 saturated heterocycles. The number of hydrogen-bond acceptors (Lipinski definition) is 3. The molecule has 3 heteroatoms. The lowest BCUT2D eigenvalue weighted by molar-refractivity contribution is 0.213. The Labute approximate surface area is 117 Å². The van der Waals surface area contributed by atoms with Crippen LogP contribution in [0, 0.1) is 12.8 Å². The summed E-state index contributed by atoms with van der Waals surface area (Å²) in [6.45, 7) is 11.5. The summed E-state index contributed by atoms with van der Waals surface area (Å²) < 4.78 is 0. The van der Waals surface area contributed by atoms with Crippen LogP contribution in [0.25, 0.3) is 0 Å². The molecule has 1 aromatic carbocycles.